The fourth-order valence-electron chi connectivity index (χ4n) is 3.06. The van der Waals surface area contributed by atoms with Crippen molar-refractivity contribution in [3.05, 3.63) is 102 Å². The van der Waals surface area contributed by atoms with E-state index in [0.29, 0.717) is 12.1 Å². The Bertz CT molecular complexity index is 1030. The predicted octanol–water partition coefficient (Wildman–Crippen LogP) is 3.55. The van der Waals surface area contributed by atoms with E-state index in [1.807, 2.05) is 71.6 Å². The van der Waals surface area contributed by atoms with E-state index in [1.165, 1.54) is 16.6 Å². The van der Waals surface area contributed by atoms with Gasteiger partial charge in [-0.3, -0.25) is 4.79 Å². The second-order valence-corrected chi connectivity index (χ2v) is 6.33. The molecule has 0 aliphatic rings. The van der Waals surface area contributed by atoms with Crippen molar-refractivity contribution in [3.63, 3.8) is 0 Å². The van der Waals surface area contributed by atoms with E-state index in [-0.39, 0.29) is 5.91 Å². The van der Waals surface area contributed by atoms with Crippen molar-refractivity contribution in [1.82, 2.24) is 20.2 Å². The van der Waals surface area contributed by atoms with Crippen LogP contribution in [0, 0.1) is 0 Å². The number of hydrogen-bond donors (Lipinski definition) is 0. The quantitative estimate of drug-likeness (QED) is 0.521. The smallest absolute Gasteiger partial charge is 0.258 e. The van der Waals surface area contributed by atoms with Gasteiger partial charge in [-0.15, -0.1) is 5.10 Å². The van der Waals surface area contributed by atoms with Gasteiger partial charge in [-0.1, -0.05) is 54.6 Å². The average molecular weight is 369 g/mol. The van der Waals surface area contributed by atoms with Gasteiger partial charge in [0.15, 0.2) is 0 Å². The van der Waals surface area contributed by atoms with Crippen LogP contribution in [0.4, 0.5) is 5.69 Å². The third kappa shape index (κ3) is 3.96. The van der Waals surface area contributed by atoms with Crippen molar-refractivity contribution >= 4 is 11.6 Å². The van der Waals surface area contributed by atoms with Gasteiger partial charge in [0, 0.05) is 17.8 Å². The van der Waals surface area contributed by atoms with Gasteiger partial charge in [0.1, 0.15) is 6.33 Å². The molecule has 4 aromatic rings. The molecule has 0 unspecified atom stereocenters. The first-order valence-electron chi connectivity index (χ1n) is 9.05. The molecule has 138 valence electrons. The zero-order chi connectivity index (χ0) is 19.2. The zero-order valence-electron chi connectivity index (χ0n) is 15.2. The Morgan fingerprint density at radius 3 is 2.36 bits per heavy atom. The minimum Gasteiger partial charge on any atom is -0.308 e. The second-order valence-electron chi connectivity index (χ2n) is 6.33. The van der Waals surface area contributed by atoms with E-state index < -0.39 is 0 Å². The highest BCUT2D eigenvalue weighted by Gasteiger charge is 2.18. The maximum atomic E-state index is 13.4. The van der Waals surface area contributed by atoms with Crippen LogP contribution in [0.1, 0.15) is 15.9 Å². The molecule has 0 N–H and O–H groups in total. The van der Waals surface area contributed by atoms with Crippen LogP contribution in [-0.2, 0) is 6.42 Å². The van der Waals surface area contributed by atoms with E-state index in [2.05, 4.69) is 27.7 Å². The summed E-state index contributed by atoms with van der Waals surface area (Å²) in [6, 6.07) is 27.2. The third-order valence-corrected chi connectivity index (χ3v) is 4.49. The molecule has 4 rings (SSSR count). The van der Waals surface area contributed by atoms with Gasteiger partial charge in [-0.05, 0) is 52.7 Å². The highest BCUT2D eigenvalue weighted by Crippen LogP contribution is 2.19. The largest absolute Gasteiger partial charge is 0.308 e. The van der Waals surface area contributed by atoms with E-state index in [4.69, 9.17) is 0 Å². The fraction of sp³-hybridized carbons (Fsp3) is 0.0909. The minimum absolute atomic E-state index is 0.0583. The Hall–Kier alpha value is -3.80. The Labute approximate surface area is 163 Å². The van der Waals surface area contributed by atoms with Gasteiger partial charge >= 0.3 is 0 Å². The molecule has 0 fully saturated rings. The van der Waals surface area contributed by atoms with Crippen molar-refractivity contribution in [2.24, 2.45) is 0 Å². The first-order valence-corrected chi connectivity index (χ1v) is 9.05. The normalized spacial score (nSPS) is 10.6. The Morgan fingerprint density at radius 1 is 0.893 bits per heavy atom. The van der Waals surface area contributed by atoms with Crippen molar-refractivity contribution < 1.29 is 4.79 Å². The first-order chi connectivity index (χ1) is 13.8. The number of carbonyl (C=O) groups excluding carboxylic acids is 1. The van der Waals surface area contributed by atoms with E-state index in [9.17, 15) is 4.79 Å². The first kappa shape index (κ1) is 17.6. The summed E-state index contributed by atoms with van der Waals surface area (Å²) in [5.74, 6) is -0.0583. The lowest BCUT2D eigenvalue weighted by Gasteiger charge is -2.23. The van der Waals surface area contributed by atoms with Crippen LogP contribution in [-0.4, -0.2) is 32.7 Å². The second kappa shape index (κ2) is 8.26. The van der Waals surface area contributed by atoms with Crippen LogP contribution >= 0.6 is 0 Å². The van der Waals surface area contributed by atoms with Crippen LogP contribution in [0.2, 0.25) is 0 Å². The number of anilines is 1. The summed E-state index contributed by atoms with van der Waals surface area (Å²) in [4.78, 5) is 15.2. The number of hydrogen-bond acceptors (Lipinski definition) is 4. The molecule has 1 aromatic heterocycles. The minimum atomic E-state index is -0.0583. The van der Waals surface area contributed by atoms with Crippen LogP contribution in [0.3, 0.4) is 0 Å². The molecule has 1 heterocycles. The molecular formula is C22H19N5O. The molecule has 0 aliphatic carbocycles. The van der Waals surface area contributed by atoms with Gasteiger partial charge in [-0.25, -0.2) is 4.68 Å². The van der Waals surface area contributed by atoms with Gasteiger partial charge in [-0.2, -0.15) is 0 Å². The van der Waals surface area contributed by atoms with Crippen LogP contribution in [0.5, 0.6) is 0 Å². The van der Waals surface area contributed by atoms with Crippen molar-refractivity contribution in [2.45, 2.75) is 6.42 Å². The Balaban J connectivity index is 1.62. The van der Waals surface area contributed by atoms with Crippen molar-refractivity contribution in [2.75, 3.05) is 11.4 Å². The van der Waals surface area contributed by atoms with Crippen LogP contribution < -0.4 is 4.90 Å². The molecule has 1 amide bonds. The number of para-hydroxylation sites is 1. The lowest BCUT2D eigenvalue weighted by molar-refractivity contribution is 0.0987. The number of rotatable bonds is 6. The lowest BCUT2D eigenvalue weighted by atomic mass is 10.1. The SMILES string of the molecule is O=C(c1cccc(-n2cnnn2)c1)N(CCc1ccccc1)c1ccccc1. The molecule has 0 saturated carbocycles. The van der Waals surface area contributed by atoms with Crippen LogP contribution in [0.25, 0.3) is 5.69 Å². The highest BCUT2D eigenvalue weighted by atomic mass is 16.2. The predicted molar refractivity (Wildman–Crippen MR) is 107 cm³/mol. The van der Waals surface area contributed by atoms with Gasteiger partial charge in [0.05, 0.1) is 5.69 Å². The number of tetrazole rings is 1. The zero-order valence-corrected chi connectivity index (χ0v) is 15.2. The average Bonchev–Trinajstić information content (AvgIpc) is 3.30. The molecular weight excluding hydrogens is 350 g/mol. The summed E-state index contributed by atoms with van der Waals surface area (Å²) in [6.45, 7) is 0.585. The maximum Gasteiger partial charge on any atom is 0.258 e. The third-order valence-electron chi connectivity index (χ3n) is 4.49. The number of carbonyl (C=O) groups is 1. The molecule has 0 atom stereocenters. The fourth-order valence-corrected chi connectivity index (χ4v) is 3.06. The summed E-state index contributed by atoms with van der Waals surface area (Å²) in [7, 11) is 0. The van der Waals surface area contributed by atoms with Crippen molar-refractivity contribution in [1.29, 1.82) is 0 Å². The molecule has 6 nitrogen and oxygen atoms in total. The van der Waals surface area contributed by atoms with Crippen molar-refractivity contribution in [3.8, 4) is 5.69 Å². The van der Waals surface area contributed by atoms with E-state index in [1.54, 1.807) is 6.07 Å². The topological polar surface area (TPSA) is 63.9 Å². The Kier molecular flexibility index (Phi) is 5.20. The highest BCUT2D eigenvalue weighted by molar-refractivity contribution is 6.06. The monoisotopic (exact) mass is 369 g/mol. The summed E-state index contributed by atoms with van der Waals surface area (Å²) < 4.78 is 1.54. The molecule has 0 radical (unpaired) electrons. The summed E-state index contributed by atoms with van der Waals surface area (Å²) in [5, 5.41) is 11.2. The molecule has 6 heteroatoms. The lowest BCUT2D eigenvalue weighted by Crippen LogP contribution is -2.33. The molecule has 3 aromatic carbocycles. The molecule has 0 bridgehead atoms. The number of amides is 1. The van der Waals surface area contributed by atoms with Gasteiger partial charge < -0.3 is 4.90 Å². The molecule has 0 aliphatic heterocycles. The standard InChI is InChI=1S/C22H19N5O/c28-22(19-10-7-13-21(16-19)27-17-23-24-25-27)26(20-11-5-2-6-12-20)15-14-18-8-3-1-4-9-18/h1-13,16-17H,14-15H2. The number of nitrogens with zero attached hydrogens (tertiary/aromatic N) is 5. The van der Waals surface area contributed by atoms with Crippen LogP contribution in [0.15, 0.2) is 91.3 Å². The van der Waals surface area contributed by atoms with Gasteiger partial charge in [0.2, 0.25) is 0 Å². The number of benzene rings is 3. The molecule has 0 saturated heterocycles. The summed E-state index contributed by atoms with van der Waals surface area (Å²) in [6.07, 6.45) is 2.28. The van der Waals surface area contributed by atoms with Gasteiger partial charge in [0.25, 0.3) is 5.91 Å². The Morgan fingerprint density at radius 2 is 1.64 bits per heavy atom. The van der Waals surface area contributed by atoms with E-state index >= 15 is 0 Å². The molecule has 0 spiro atoms. The summed E-state index contributed by atoms with van der Waals surface area (Å²) >= 11 is 0. The molecule has 28 heavy (non-hydrogen) atoms. The number of aromatic nitrogens is 4. The maximum absolute atomic E-state index is 13.4. The summed E-state index contributed by atoms with van der Waals surface area (Å²) in [5.41, 5.74) is 3.40. The van der Waals surface area contributed by atoms with E-state index in [0.717, 1.165) is 17.8 Å².